The first-order valence-electron chi connectivity index (χ1n) is 10.3. The number of dihydropyridines is 1. The summed E-state index contributed by atoms with van der Waals surface area (Å²) < 4.78 is 6.50. The minimum Gasteiger partial charge on any atom is -0.466 e. The highest BCUT2D eigenvalue weighted by Gasteiger charge is 2.42. The number of thiophene rings is 1. The van der Waals surface area contributed by atoms with Gasteiger partial charge in [-0.15, -0.1) is 11.3 Å². The highest BCUT2D eigenvalue weighted by atomic mass is 32.1. The Balaban J connectivity index is 1.75. The van der Waals surface area contributed by atoms with Crippen LogP contribution in [0, 0.1) is 5.92 Å². The van der Waals surface area contributed by atoms with Crippen molar-refractivity contribution < 1.29 is 14.3 Å². The second-order valence-electron chi connectivity index (χ2n) is 8.44. The van der Waals surface area contributed by atoms with E-state index in [1.807, 2.05) is 6.92 Å². The molecule has 5 heteroatoms. The van der Waals surface area contributed by atoms with Gasteiger partial charge < -0.3 is 10.1 Å². The molecule has 2 aromatic rings. The summed E-state index contributed by atoms with van der Waals surface area (Å²) in [6.07, 6.45) is 4.62. The van der Waals surface area contributed by atoms with E-state index in [4.69, 9.17) is 4.74 Å². The fourth-order valence-corrected chi connectivity index (χ4v) is 5.89. The number of allylic oxidation sites excluding steroid dienone is 3. The van der Waals surface area contributed by atoms with Gasteiger partial charge in [0, 0.05) is 27.6 Å². The van der Waals surface area contributed by atoms with Gasteiger partial charge in [-0.05, 0) is 73.3 Å². The molecule has 2 saturated carbocycles. The van der Waals surface area contributed by atoms with E-state index in [0.717, 1.165) is 35.2 Å². The van der Waals surface area contributed by atoms with Gasteiger partial charge in [0.2, 0.25) is 0 Å². The number of esters is 1. The lowest BCUT2D eigenvalue weighted by Gasteiger charge is -2.31. The molecule has 3 aliphatic rings. The van der Waals surface area contributed by atoms with Crippen LogP contribution in [0.5, 0.6) is 0 Å². The van der Waals surface area contributed by atoms with Crippen LogP contribution in [0.25, 0.3) is 10.1 Å². The van der Waals surface area contributed by atoms with E-state index in [2.05, 4.69) is 28.9 Å². The van der Waals surface area contributed by atoms with E-state index in [-0.39, 0.29) is 17.7 Å². The van der Waals surface area contributed by atoms with Gasteiger partial charge >= 0.3 is 5.97 Å². The Morgan fingerprint density at radius 2 is 1.79 bits per heavy atom. The monoisotopic (exact) mass is 407 g/mol. The maximum Gasteiger partial charge on any atom is 0.336 e. The second kappa shape index (κ2) is 6.84. The Bertz CT molecular complexity index is 1100. The molecule has 2 aliphatic carbocycles. The van der Waals surface area contributed by atoms with Crippen LogP contribution in [0.3, 0.4) is 0 Å². The predicted molar refractivity (Wildman–Crippen MR) is 115 cm³/mol. The van der Waals surface area contributed by atoms with E-state index in [9.17, 15) is 9.59 Å². The van der Waals surface area contributed by atoms with Gasteiger partial charge in [0.25, 0.3) is 0 Å². The third kappa shape index (κ3) is 3.03. The van der Waals surface area contributed by atoms with Crippen LogP contribution in [0.4, 0.5) is 0 Å². The van der Waals surface area contributed by atoms with Crippen LogP contribution in [0.15, 0.2) is 46.1 Å². The Morgan fingerprint density at radius 3 is 2.41 bits per heavy atom. The Morgan fingerprint density at radius 1 is 1.07 bits per heavy atom. The fourth-order valence-electron chi connectivity index (χ4n) is 4.70. The zero-order valence-electron chi connectivity index (χ0n) is 17.0. The molecule has 0 spiro atoms. The van der Waals surface area contributed by atoms with Crippen molar-refractivity contribution in [1.82, 2.24) is 5.32 Å². The van der Waals surface area contributed by atoms with Crippen molar-refractivity contribution in [3.8, 4) is 0 Å². The molecule has 150 valence electrons. The van der Waals surface area contributed by atoms with Crippen molar-refractivity contribution in [2.24, 2.45) is 5.92 Å². The van der Waals surface area contributed by atoms with Crippen molar-refractivity contribution in [3.63, 3.8) is 0 Å². The first-order chi connectivity index (χ1) is 14.0. The molecular formula is C24H25NO3S. The average molecular weight is 408 g/mol. The van der Waals surface area contributed by atoms with Gasteiger partial charge in [-0.2, -0.15) is 0 Å². The van der Waals surface area contributed by atoms with Crippen molar-refractivity contribution in [3.05, 3.63) is 57.2 Å². The molecule has 0 radical (unpaired) electrons. The number of methoxy groups -OCH3 is 1. The average Bonchev–Trinajstić information content (AvgIpc) is 3.62. The first-order valence-corrected chi connectivity index (χ1v) is 11.2. The zero-order valence-corrected chi connectivity index (χ0v) is 17.8. The number of fused-ring (bicyclic) bond motifs is 1. The SMILES string of the molecule is COC(=O)C1=C(C2CC2)NC(C)=C(C(C)=O)C1c1csc2c(C3CC3)cccc12. The largest absolute Gasteiger partial charge is 0.466 e. The first kappa shape index (κ1) is 18.6. The molecule has 1 N–H and O–H groups in total. The summed E-state index contributed by atoms with van der Waals surface area (Å²) in [7, 11) is 1.42. The van der Waals surface area contributed by atoms with E-state index >= 15 is 0 Å². The smallest absolute Gasteiger partial charge is 0.336 e. The molecule has 5 rings (SSSR count). The van der Waals surface area contributed by atoms with E-state index < -0.39 is 0 Å². The Kier molecular flexibility index (Phi) is 4.39. The molecule has 1 aromatic carbocycles. The van der Waals surface area contributed by atoms with Crippen molar-refractivity contribution in [1.29, 1.82) is 0 Å². The van der Waals surface area contributed by atoms with Gasteiger partial charge in [-0.25, -0.2) is 4.79 Å². The maximum atomic E-state index is 13.0. The summed E-state index contributed by atoms with van der Waals surface area (Å²) in [5.41, 5.74) is 5.55. The molecule has 4 nitrogen and oxygen atoms in total. The van der Waals surface area contributed by atoms with E-state index in [1.54, 1.807) is 18.3 Å². The van der Waals surface area contributed by atoms with Crippen LogP contribution in [-0.2, 0) is 14.3 Å². The topological polar surface area (TPSA) is 55.4 Å². The van der Waals surface area contributed by atoms with Crippen LogP contribution in [0.1, 0.15) is 62.5 Å². The lowest BCUT2D eigenvalue weighted by atomic mass is 9.78. The summed E-state index contributed by atoms with van der Waals surface area (Å²) in [6.45, 7) is 3.54. The fraction of sp³-hybridized carbons (Fsp3) is 0.417. The number of ether oxygens (including phenoxy) is 1. The highest BCUT2D eigenvalue weighted by molar-refractivity contribution is 7.17. The van der Waals surface area contributed by atoms with Crippen LogP contribution in [0.2, 0.25) is 0 Å². The van der Waals surface area contributed by atoms with Gasteiger partial charge in [0.1, 0.15) is 0 Å². The predicted octanol–water partition coefficient (Wildman–Crippen LogP) is 5.17. The lowest BCUT2D eigenvalue weighted by Crippen LogP contribution is -2.32. The third-order valence-electron chi connectivity index (χ3n) is 6.35. The third-order valence-corrected chi connectivity index (χ3v) is 7.42. The summed E-state index contributed by atoms with van der Waals surface area (Å²) in [5, 5.41) is 6.71. The minimum atomic E-state index is -0.375. The van der Waals surface area contributed by atoms with Crippen molar-refractivity contribution in [2.45, 2.75) is 51.4 Å². The van der Waals surface area contributed by atoms with Gasteiger partial charge in [-0.1, -0.05) is 18.2 Å². The molecule has 1 aliphatic heterocycles. The zero-order chi connectivity index (χ0) is 20.3. The number of carbonyl (C=O) groups excluding carboxylic acids is 2. The minimum absolute atomic E-state index is 0.00560. The van der Waals surface area contributed by atoms with Gasteiger partial charge in [-0.3, -0.25) is 4.79 Å². The highest BCUT2D eigenvalue weighted by Crippen LogP contribution is 2.50. The molecule has 2 heterocycles. The summed E-state index contributed by atoms with van der Waals surface area (Å²) in [6, 6.07) is 6.47. The number of Topliss-reactive ketones (excluding diaryl/α,β-unsaturated/α-hetero) is 1. The Labute approximate surface area is 174 Å². The van der Waals surface area contributed by atoms with Crippen LogP contribution < -0.4 is 5.32 Å². The molecule has 1 aromatic heterocycles. The molecule has 2 fully saturated rings. The number of nitrogens with one attached hydrogen (secondary N) is 1. The number of rotatable bonds is 5. The number of hydrogen-bond donors (Lipinski definition) is 1. The number of benzene rings is 1. The summed E-state index contributed by atoms with van der Waals surface area (Å²) in [4.78, 5) is 25.7. The normalized spacial score (nSPS) is 22.1. The molecule has 1 atom stereocenters. The molecule has 0 bridgehead atoms. The number of ketones is 1. The van der Waals surface area contributed by atoms with Crippen LogP contribution >= 0.6 is 11.3 Å². The van der Waals surface area contributed by atoms with Crippen molar-refractivity contribution in [2.75, 3.05) is 7.11 Å². The van der Waals surface area contributed by atoms with Crippen LogP contribution in [-0.4, -0.2) is 18.9 Å². The standard InChI is InChI=1S/C24H25NO3S/c1-12-19(13(2)26)20(21(24(27)28-3)22(25-12)15-9-10-15)18-11-29-23-16(14-7-8-14)5-4-6-17(18)23/h4-6,11,14-15,20,25H,7-10H2,1-3H3. The lowest BCUT2D eigenvalue weighted by molar-refractivity contribution is -0.136. The molecule has 0 amide bonds. The molecule has 0 saturated heterocycles. The summed E-state index contributed by atoms with van der Waals surface area (Å²) in [5.74, 6) is 0.282. The van der Waals surface area contributed by atoms with E-state index in [0.29, 0.717) is 23.0 Å². The molecule has 1 unspecified atom stereocenters. The van der Waals surface area contributed by atoms with Gasteiger partial charge in [0.05, 0.1) is 12.7 Å². The van der Waals surface area contributed by atoms with E-state index in [1.165, 1.54) is 30.2 Å². The number of hydrogen-bond acceptors (Lipinski definition) is 5. The molecular weight excluding hydrogens is 382 g/mol. The van der Waals surface area contributed by atoms with Gasteiger partial charge in [0.15, 0.2) is 5.78 Å². The van der Waals surface area contributed by atoms with Crippen molar-refractivity contribution >= 4 is 33.2 Å². The quantitative estimate of drug-likeness (QED) is 0.695. The number of carbonyl (C=O) groups is 2. The second-order valence-corrected chi connectivity index (χ2v) is 9.31. The Hall–Kier alpha value is -2.40. The summed E-state index contributed by atoms with van der Waals surface area (Å²) >= 11 is 1.74. The molecule has 29 heavy (non-hydrogen) atoms. The maximum absolute atomic E-state index is 13.0.